The third kappa shape index (κ3) is 3.32. The van der Waals surface area contributed by atoms with E-state index in [2.05, 4.69) is 0 Å². The van der Waals surface area contributed by atoms with Gasteiger partial charge in [-0.15, -0.1) is 11.3 Å². The van der Waals surface area contributed by atoms with E-state index >= 15 is 0 Å². The van der Waals surface area contributed by atoms with Gasteiger partial charge in [-0.05, 0) is 42.4 Å². The van der Waals surface area contributed by atoms with Crippen LogP contribution in [0.2, 0.25) is 0 Å². The molecule has 122 valence electrons. The van der Waals surface area contributed by atoms with E-state index in [1.54, 1.807) is 11.3 Å². The van der Waals surface area contributed by atoms with Crippen molar-refractivity contribution in [3.8, 4) is 10.4 Å². The molecule has 3 N–H and O–H groups in total. The molecule has 0 unspecified atom stereocenters. The van der Waals surface area contributed by atoms with Crippen molar-refractivity contribution in [2.75, 3.05) is 0 Å². The van der Waals surface area contributed by atoms with Gasteiger partial charge in [0.05, 0.1) is 12.2 Å². The van der Waals surface area contributed by atoms with Gasteiger partial charge >= 0.3 is 5.97 Å². The fourth-order valence-corrected chi connectivity index (χ4v) is 4.73. The van der Waals surface area contributed by atoms with Crippen molar-refractivity contribution in [1.82, 2.24) is 0 Å². The average molecular weight is 331 g/mol. The summed E-state index contributed by atoms with van der Waals surface area (Å²) in [4.78, 5) is 18.8. The zero-order valence-electron chi connectivity index (χ0n) is 13.0. The van der Waals surface area contributed by atoms with Crippen molar-refractivity contribution >= 4 is 17.3 Å². The molecule has 0 spiro atoms. The van der Waals surface area contributed by atoms with Crippen LogP contribution in [0.4, 0.5) is 0 Å². The second kappa shape index (κ2) is 7.25. The van der Waals surface area contributed by atoms with Crippen LogP contribution in [0.1, 0.15) is 52.0 Å². The van der Waals surface area contributed by atoms with Crippen molar-refractivity contribution in [1.29, 1.82) is 0 Å². The van der Waals surface area contributed by atoms with Crippen molar-refractivity contribution in [2.24, 2.45) is 5.90 Å². The SMILES string of the molecule is NOCc1ccccc1-c1sc2c(c1C(=O)O)CCCCCC2. The van der Waals surface area contributed by atoms with Crippen LogP contribution in [0.3, 0.4) is 0 Å². The summed E-state index contributed by atoms with van der Waals surface area (Å²) in [6.07, 6.45) is 6.46. The highest BCUT2D eigenvalue weighted by atomic mass is 32.1. The molecule has 1 heterocycles. The van der Waals surface area contributed by atoms with Gasteiger partial charge in [-0.2, -0.15) is 0 Å². The van der Waals surface area contributed by atoms with Crippen LogP contribution in [0.15, 0.2) is 24.3 Å². The van der Waals surface area contributed by atoms with Gasteiger partial charge in [0.25, 0.3) is 0 Å². The molecule has 1 aromatic carbocycles. The maximum absolute atomic E-state index is 11.9. The molecule has 2 aromatic rings. The highest BCUT2D eigenvalue weighted by molar-refractivity contribution is 7.16. The molecule has 0 saturated carbocycles. The summed E-state index contributed by atoms with van der Waals surface area (Å²) >= 11 is 1.63. The average Bonchev–Trinajstić information content (AvgIpc) is 2.86. The molecule has 1 aliphatic rings. The standard InChI is InChI=1S/C18H21NO3S/c19-22-11-12-7-5-6-8-13(12)17-16(18(20)21)14-9-3-1-2-4-10-15(14)23-17/h5-8H,1-4,9-11,19H2,(H,20,21). The quantitative estimate of drug-likeness (QED) is 0.825. The van der Waals surface area contributed by atoms with Gasteiger partial charge in [0.15, 0.2) is 0 Å². The summed E-state index contributed by atoms with van der Waals surface area (Å²) in [5, 5.41) is 9.81. The fraction of sp³-hybridized carbons (Fsp3) is 0.389. The Kier molecular flexibility index (Phi) is 5.10. The molecule has 0 saturated heterocycles. The van der Waals surface area contributed by atoms with E-state index < -0.39 is 5.97 Å². The lowest BCUT2D eigenvalue weighted by molar-refractivity contribution is 0.0697. The molecule has 0 atom stereocenters. The van der Waals surface area contributed by atoms with E-state index in [1.807, 2.05) is 24.3 Å². The second-order valence-electron chi connectivity index (χ2n) is 5.90. The number of nitrogens with two attached hydrogens (primary N) is 1. The maximum atomic E-state index is 11.9. The van der Waals surface area contributed by atoms with E-state index in [0.717, 1.165) is 47.3 Å². The third-order valence-electron chi connectivity index (χ3n) is 4.39. The molecular formula is C18H21NO3S. The number of carboxylic acid groups (broad SMARTS) is 1. The Bertz CT molecular complexity index is 708. The van der Waals surface area contributed by atoms with E-state index in [0.29, 0.717) is 5.56 Å². The first-order valence-corrected chi connectivity index (χ1v) is 8.81. The van der Waals surface area contributed by atoms with Gasteiger partial charge in [0.1, 0.15) is 0 Å². The first kappa shape index (κ1) is 16.2. The summed E-state index contributed by atoms with van der Waals surface area (Å²) in [5.74, 6) is 4.40. The van der Waals surface area contributed by atoms with Crippen molar-refractivity contribution in [3.05, 3.63) is 45.8 Å². The van der Waals surface area contributed by atoms with Gasteiger partial charge < -0.3 is 5.11 Å². The molecule has 0 amide bonds. The molecular weight excluding hydrogens is 310 g/mol. The Labute approximate surface area is 139 Å². The topological polar surface area (TPSA) is 72.5 Å². The number of hydrogen-bond acceptors (Lipinski definition) is 4. The number of fused-ring (bicyclic) bond motifs is 1. The van der Waals surface area contributed by atoms with Gasteiger partial charge in [0.2, 0.25) is 0 Å². The van der Waals surface area contributed by atoms with E-state index in [9.17, 15) is 9.90 Å². The zero-order chi connectivity index (χ0) is 16.2. The van der Waals surface area contributed by atoms with Crippen LogP contribution in [-0.4, -0.2) is 11.1 Å². The Morgan fingerprint density at radius 3 is 2.65 bits per heavy atom. The Morgan fingerprint density at radius 1 is 1.17 bits per heavy atom. The lowest BCUT2D eigenvalue weighted by Crippen LogP contribution is -2.05. The maximum Gasteiger partial charge on any atom is 0.337 e. The summed E-state index contributed by atoms with van der Waals surface area (Å²) in [6.45, 7) is 0.276. The number of thiophene rings is 1. The molecule has 1 aromatic heterocycles. The fourth-order valence-electron chi connectivity index (χ4n) is 3.29. The van der Waals surface area contributed by atoms with Gasteiger partial charge in [0, 0.05) is 9.75 Å². The first-order valence-electron chi connectivity index (χ1n) is 8.00. The number of carboxylic acids is 1. The molecule has 23 heavy (non-hydrogen) atoms. The molecule has 0 fully saturated rings. The largest absolute Gasteiger partial charge is 0.478 e. The number of rotatable bonds is 4. The van der Waals surface area contributed by atoms with Gasteiger partial charge in [-0.25, -0.2) is 10.7 Å². The van der Waals surface area contributed by atoms with Crippen molar-refractivity contribution in [2.45, 2.75) is 45.1 Å². The summed E-state index contributed by atoms with van der Waals surface area (Å²) < 4.78 is 0. The number of hydrogen-bond donors (Lipinski definition) is 2. The van der Waals surface area contributed by atoms with Gasteiger partial charge in [-0.3, -0.25) is 4.84 Å². The van der Waals surface area contributed by atoms with Crippen molar-refractivity contribution in [3.63, 3.8) is 0 Å². The van der Waals surface area contributed by atoms with Crippen LogP contribution in [0, 0.1) is 0 Å². The number of aryl methyl sites for hydroxylation is 1. The summed E-state index contributed by atoms with van der Waals surface area (Å²) in [7, 11) is 0. The Hall–Kier alpha value is -1.69. The van der Waals surface area contributed by atoms with E-state index in [4.69, 9.17) is 10.7 Å². The molecule has 4 nitrogen and oxygen atoms in total. The van der Waals surface area contributed by atoms with Crippen LogP contribution >= 0.6 is 11.3 Å². The first-order chi connectivity index (χ1) is 11.2. The van der Waals surface area contributed by atoms with Crippen LogP contribution < -0.4 is 5.90 Å². The Morgan fingerprint density at radius 2 is 1.91 bits per heavy atom. The predicted octanol–water partition coefficient (Wildman–Crippen LogP) is 4.16. The minimum absolute atomic E-state index is 0.276. The van der Waals surface area contributed by atoms with Crippen LogP contribution in [0.25, 0.3) is 10.4 Å². The van der Waals surface area contributed by atoms with E-state index in [-0.39, 0.29) is 6.61 Å². The second-order valence-corrected chi connectivity index (χ2v) is 7.00. The molecule has 0 bridgehead atoms. The van der Waals surface area contributed by atoms with Crippen LogP contribution in [-0.2, 0) is 24.3 Å². The lowest BCUT2D eigenvalue weighted by Gasteiger charge is -2.10. The zero-order valence-corrected chi connectivity index (χ0v) is 13.8. The molecule has 1 aliphatic carbocycles. The number of carbonyl (C=O) groups is 1. The normalized spacial score (nSPS) is 14.8. The summed E-state index contributed by atoms with van der Waals surface area (Å²) in [5.41, 5.74) is 3.37. The highest BCUT2D eigenvalue weighted by Gasteiger charge is 2.25. The highest BCUT2D eigenvalue weighted by Crippen LogP contribution is 2.40. The minimum Gasteiger partial charge on any atom is -0.478 e. The smallest absolute Gasteiger partial charge is 0.337 e. The number of aromatic carboxylic acids is 1. The monoisotopic (exact) mass is 331 g/mol. The Balaban J connectivity index is 2.16. The predicted molar refractivity (Wildman–Crippen MR) is 91.6 cm³/mol. The third-order valence-corrected chi connectivity index (χ3v) is 5.71. The number of benzene rings is 1. The molecule has 5 heteroatoms. The van der Waals surface area contributed by atoms with Gasteiger partial charge in [-0.1, -0.05) is 37.1 Å². The van der Waals surface area contributed by atoms with Crippen LogP contribution in [0.5, 0.6) is 0 Å². The minimum atomic E-state index is -0.832. The lowest BCUT2D eigenvalue weighted by atomic mass is 9.94. The van der Waals surface area contributed by atoms with E-state index in [1.165, 1.54) is 17.7 Å². The summed E-state index contributed by atoms with van der Waals surface area (Å²) in [6, 6.07) is 7.74. The van der Waals surface area contributed by atoms with Crippen molar-refractivity contribution < 1.29 is 14.7 Å². The molecule has 0 radical (unpaired) electrons. The molecule has 3 rings (SSSR count). The molecule has 0 aliphatic heterocycles.